The van der Waals surface area contributed by atoms with Crippen LogP contribution in [0.3, 0.4) is 0 Å². The van der Waals surface area contributed by atoms with Crippen molar-refractivity contribution in [1.82, 2.24) is 0 Å². The van der Waals surface area contributed by atoms with E-state index in [1.54, 1.807) is 24.3 Å². The molecule has 0 radical (unpaired) electrons. The third kappa shape index (κ3) is 1.80. The lowest BCUT2D eigenvalue weighted by molar-refractivity contribution is 1.45. The normalized spacial score (nSPS) is 8.94. The summed E-state index contributed by atoms with van der Waals surface area (Å²) in [6, 6.07) is 18.5. The Morgan fingerprint density at radius 1 is 0.778 bits per heavy atom. The van der Waals surface area contributed by atoms with Crippen molar-refractivity contribution in [3.05, 3.63) is 53.6 Å². The Balaban J connectivity index is 2.85. The molecule has 0 atom stereocenters. The highest BCUT2D eigenvalue weighted by atomic mass is 14.3. The quantitative estimate of drug-likeness (QED) is 0.705. The Morgan fingerprint density at radius 3 is 2.11 bits per heavy atom. The molecule has 0 fully saturated rings. The van der Waals surface area contributed by atoms with Crippen LogP contribution in [0.4, 0.5) is 0 Å². The van der Waals surface area contributed by atoms with Crippen LogP contribution in [0.5, 0.6) is 0 Å². The van der Waals surface area contributed by atoms with Gasteiger partial charge < -0.3 is 0 Å². The van der Waals surface area contributed by atoms with Crippen molar-refractivity contribution in [2.45, 2.75) is 0 Å². The van der Waals surface area contributed by atoms with E-state index in [0.717, 1.165) is 10.8 Å². The molecule has 0 bridgehead atoms. The second-order valence-corrected chi connectivity index (χ2v) is 3.61. The average Bonchev–Trinajstić information content (AvgIpc) is 2.44. The summed E-state index contributed by atoms with van der Waals surface area (Å²) in [6.45, 7) is 0. The zero-order valence-electron chi connectivity index (χ0n) is 9.38. The largest absolute Gasteiger partial charge is 0.192 e. The van der Waals surface area contributed by atoms with Gasteiger partial charge in [-0.3, -0.25) is 0 Å². The molecule has 0 amide bonds. The van der Waals surface area contributed by atoms with E-state index < -0.39 is 0 Å². The number of fused-ring (bicyclic) bond motifs is 1. The van der Waals surface area contributed by atoms with E-state index in [-0.39, 0.29) is 11.1 Å². The third-order valence-corrected chi connectivity index (χ3v) is 2.64. The van der Waals surface area contributed by atoms with Crippen LogP contribution in [-0.2, 0) is 0 Å². The molecule has 0 spiro atoms. The van der Waals surface area contributed by atoms with Crippen LogP contribution in [0, 0.1) is 34.0 Å². The van der Waals surface area contributed by atoms with Gasteiger partial charge in [0.1, 0.15) is 23.8 Å². The lowest BCUT2D eigenvalue weighted by Crippen LogP contribution is -1.88. The van der Waals surface area contributed by atoms with Crippen molar-refractivity contribution in [1.29, 1.82) is 15.8 Å². The first-order valence-corrected chi connectivity index (χ1v) is 5.24. The average molecular weight is 229 g/mol. The summed E-state index contributed by atoms with van der Waals surface area (Å²) in [6.07, 6.45) is 0. The number of rotatable bonds is 1. The second-order valence-electron chi connectivity index (χ2n) is 3.61. The van der Waals surface area contributed by atoms with Crippen LogP contribution in [0.25, 0.3) is 16.3 Å². The highest BCUT2D eigenvalue weighted by Gasteiger charge is 2.11. The van der Waals surface area contributed by atoms with Gasteiger partial charge in [-0.2, -0.15) is 15.8 Å². The fourth-order valence-corrected chi connectivity index (χ4v) is 1.83. The van der Waals surface area contributed by atoms with E-state index in [1.165, 1.54) is 0 Å². The van der Waals surface area contributed by atoms with Crippen LogP contribution < -0.4 is 0 Å². The summed E-state index contributed by atoms with van der Waals surface area (Å²) in [5, 5.41) is 28.8. The fourth-order valence-electron chi connectivity index (χ4n) is 1.83. The Hall–Kier alpha value is -3.09. The summed E-state index contributed by atoms with van der Waals surface area (Å²) < 4.78 is 0. The summed E-state index contributed by atoms with van der Waals surface area (Å²) in [5.41, 5.74) is 0.583. The minimum atomic E-state index is -0.158. The molecule has 0 aromatic heterocycles. The van der Waals surface area contributed by atoms with Crippen LogP contribution in [-0.4, -0.2) is 0 Å². The highest BCUT2D eigenvalue weighted by Crippen LogP contribution is 2.26. The lowest BCUT2D eigenvalue weighted by Gasteiger charge is -2.04. The topological polar surface area (TPSA) is 71.4 Å². The Morgan fingerprint density at radius 2 is 1.44 bits per heavy atom. The Bertz CT molecular complexity index is 743. The van der Waals surface area contributed by atoms with Gasteiger partial charge in [-0.05, 0) is 10.8 Å². The monoisotopic (exact) mass is 229 g/mol. The van der Waals surface area contributed by atoms with E-state index in [9.17, 15) is 0 Å². The molecular weight excluding hydrogens is 222 g/mol. The molecule has 0 aliphatic heterocycles. The first-order chi connectivity index (χ1) is 8.81. The van der Waals surface area contributed by atoms with Gasteiger partial charge in [0.05, 0.1) is 5.57 Å². The van der Waals surface area contributed by atoms with Gasteiger partial charge in [-0.25, -0.2) is 0 Å². The van der Waals surface area contributed by atoms with Crippen molar-refractivity contribution >= 4 is 16.3 Å². The summed E-state index contributed by atoms with van der Waals surface area (Å²) >= 11 is 0. The molecule has 0 aliphatic carbocycles. The van der Waals surface area contributed by atoms with Crippen molar-refractivity contribution < 1.29 is 0 Å². The maximum Gasteiger partial charge on any atom is 0.148 e. The molecule has 82 valence electrons. The first-order valence-electron chi connectivity index (χ1n) is 5.24. The van der Waals surface area contributed by atoms with E-state index in [2.05, 4.69) is 0 Å². The number of nitriles is 3. The van der Waals surface area contributed by atoms with Crippen molar-refractivity contribution in [2.75, 3.05) is 0 Å². The molecule has 0 unspecified atom stereocenters. The Kier molecular flexibility index (Phi) is 3.06. The van der Waals surface area contributed by atoms with Crippen LogP contribution in [0.2, 0.25) is 0 Å². The van der Waals surface area contributed by atoms with Crippen molar-refractivity contribution in [2.24, 2.45) is 0 Å². The smallest absolute Gasteiger partial charge is 0.148 e. The standard InChI is InChI=1S/C15H7N3/c16-8-12(9-17)15(10-18)14-7-3-5-11-4-1-2-6-13(11)14/h1-7H. The predicted octanol–water partition coefficient (Wildman–Crippen LogP) is 3.16. The highest BCUT2D eigenvalue weighted by molar-refractivity contribution is 5.99. The zero-order valence-corrected chi connectivity index (χ0v) is 9.38. The molecule has 0 saturated heterocycles. The Labute approximate surface area is 104 Å². The van der Waals surface area contributed by atoms with Gasteiger partial charge in [0, 0.05) is 5.56 Å². The molecule has 0 saturated carbocycles. The fraction of sp³-hybridized carbons (Fsp3) is 0. The van der Waals surface area contributed by atoms with E-state index >= 15 is 0 Å². The summed E-state index contributed by atoms with van der Waals surface area (Å²) in [5.74, 6) is 0. The maximum absolute atomic E-state index is 9.16. The summed E-state index contributed by atoms with van der Waals surface area (Å²) in [7, 11) is 0. The molecule has 2 rings (SSSR count). The molecular formula is C15H7N3. The van der Waals surface area contributed by atoms with Crippen LogP contribution in [0.15, 0.2) is 48.0 Å². The molecule has 2 aromatic carbocycles. The number of benzene rings is 2. The van der Waals surface area contributed by atoms with Gasteiger partial charge in [-0.15, -0.1) is 0 Å². The molecule has 0 aliphatic rings. The molecule has 0 heterocycles. The minimum absolute atomic E-state index is 0.122. The van der Waals surface area contributed by atoms with E-state index in [0.29, 0.717) is 5.56 Å². The number of hydrogen-bond donors (Lipinski definition) is 0. The molecule has 18 heavy (non-hydrogen) atoms. The summed E-state index contributed by atoms with van der Waals surface area (Å²) in [4.78, 5) is 0. The SMILES string of the molecule is N#CC(C#N)=C(C#N)c1cccc2ccccc12. The number of allylic oxidation sites excluding steroid dienone is 2. The zero-order chi connectivity index (χ0) is 13.0. The molecule has 3 nitrogen and oxygen atoms in total. The van der Waals surface area contributed by atoms with Gasteiger partial charge in [0.15, 0.2) is 0 Å². The third-order valence-electron chi connectivity index (χ3n) is 2.64. The molecule has 2 aromatic rings. The van der Waals surface area contributed by atoms with Gasteiger partial charge >= 0.3 is 0 Å². The number of hydrogen-bond acceptors (Lipinski definition) is 3. The van der Waals surface area contributed by atoms with Crippen molar-refractivity contribution in [3.63, 3.8) is 0 Å². The lowest BCUT2D eigenvalue weighted by atomic mass is 9.96. The molecule has 3 heteroatoms. The number of nitrogens with zero attached hydrogens (tertiary/aromatic N) is 3. The molecule has 0 N–H and O–H groups in total. The van der Waals surface area contributed by atoms with Gasteiger partial charge in [0.2, 0.25) is 0 Å². The van der Waals surface area contributed by atoms with Crippen LogP contribution >= 0.6 is 0 Å². The maximum atomic E-state index is 9.16. The minimum Gasteiger partial charge on any atom is -0.192 e. The second kappa shape index (κ2) is 4.83. The van der Waals surface area contributed by atoms with E-state index in [4.69, 9.17) is 15.8 Å². The van der Waals surface area contributed by atoms with Gasteiger partial charge in [-0.1, -0.05) is 42.5 Å². The predicted molar refractivity (Wildman–Crippen MR) is 67.7 cm³/mol. The van der Waals surface area contributed by atoms with E-state index in [1.807, 2.05) is 36.4 Å². The van der Waals surface area contributed by atoms with Crippen LogP contribution in [0.1, 0.15) is 5.56 Å². The first kappa shape index (κ1) is 11.4. The van der Waals surface area contributed by atoms with Crippen molar-refractivity contribution in [3.8, 4) is 18.2 Å². The van der Waals surface area contributed by atoms with Gasteiger partial charge in [0.25, 0.3) is 0 Å².